The molecule has 0 aliphatic heterocycles. The Labute approximate surface area is 119 Å². The molecular formula is C16H20N2O2. The van der Waals surface area contributed by atoms with E-state index in [1.54, 1.807) is 6.92 Å². The predicted molar refractivity (Wildman–Crippen MR) is 78.0 cm³/mol. The first kappa shape index (κ1) is 14.3. The van der Waals surface area contributed by atoms with Gasteiger partial charge in [-0.25, -0.2) is 9.78 Å². The maximum absolute atomic E-state index is 11.6. The summed E-state index contributed by atoms with van der Waals surface area (Å²) >= 11 is 0. The lowest BCUT2D eigenvalue weighted by atomic mass is 9.97. The van der Waals surface area contributed by atoms with Crippen LogP contribution in [0.4, 0.5) is 0 Å². The Morgan fingerprint density at radius 2 is 1.90 bits per heavy atom. The Balaban J connectivity index is 2.21. The maximum atomic E-state index is 11.6. The summed E-state index contributed by atoms with van der Waals surface area (Å²) in [6, 6.07) is 4.33. The van der Waals surface area contributed by atoms with E-state index in [4.69, 9.17) is 4.74 Å². The largest absolute Gasteiger partial charge is 0.461 e. The molecule has 4 nitrogen and oxygen atoms in total. The number of carbonyl (C=O) groups excluding carboxylic acids is 1. The van der Waals surface area contributed by atoms with Gasteiger partial charge in [-0.1, -0.05) is 17.7 Å². The van der Waals surface area contributed by atoms with Crippen LogP contribution < -0.4 is 0 Å². The number of nitrogens with zero attached hydrogens (tertiary/aromatic N) is 1. The average Bonchev–Trinajstić information content (AvgIpc) is 2.82. The SMILES string of the molecule is CCOC(=O)c1cnc(Cc2c(C)cc(C)cc2C)[nH]1. The standard InChI is InChI=1S/C16H20N2O2/c1-5-20-16(19)14-9-17-15(18-14)8-13-11(3)6-10(2)7-12(13)4/h6-7,9H,5,8H2,1-4H3,(H,17,18). The summed E-state index contributed by atoms with van der Waals surface area (Å²) in [4.78, 5) is 18.9. The highest BCUT2D eigenvalue weighted by Crippen LogP contribution is 2.19. The van der Waals surface area contributed by atoms with Crippen molar-refractivity contribution in [3.05, 3.63) is 52.1 Å². The van der Waals surface area contributed by atoms with Gasteiger partial charge < -0.3 is 9.72 Å². The van der Waals surface area contributed by atoms with Crippen molar-refractivity contribution in [2.24, 2.45) is 0 Å². The van der Waals surface area contributed by atoms with E-state index < -0.39 is 0 Å². The van der Waals surface area contributed by atoms with Crippen LogP contribution in [0.1, 0.15) is 45.5 Å². The van der Waals surface area contributed by atoms with E-state index in [9.17, 15) is 4.79 Å². The minimum absolute atomic E-state index is 0.358. The number of aromatic nitrogens is 2. The van der Waals surface area contributed by atoms with Gasteiger partial charge in [-0.2, -0.15) is 0 Å². The van der Waals surface area contributed by atoms with Crippen molar-refractivity contribution in [2.45, 2.75) is 34.1 Å². The van der Waals surface area contributed by atoms with E-state index in [0.29, 0.717) is 18.7 Å². The summed E-state index contributed by atoms with van der Waals surface area (Å²) in [5.74, 6) is 0.423. The van der Waals surface area contributed by atoms with Crippen LogP contribution >= 0.6 is 0 Å². The quantitative estimate of drug-likeness (QED) is 0.870. The fourth-order valence-electron chi connectivity index (χ4n) is 2.42. The molecule has 1 N–H and O–H groups in total. The topological polar surface area (TPSA) is 55.0 Å². The summed E-state index contributed by atoms with van der Waals surface area (Å²) in [5, 5.41) is 0. The van der Waals surface area contributed by atoms with Gasteiger partial charge in [0.1, 0.15) is 11.5 Å². The van der Waals surface area contributed by atoms with Gasteiger partial charge in [0, 0.05) is 6.42 Å². The van der Waals surface area contributed by atoms with Crippen LogP contribution in [-0.2, 0) is 11.2 Å². The van der Waals surface area contributed by atoms with Crippen molar-refractivity contribution < 1.29 is 9.53 Å². The van der Waals surface area contributed by atoms with Crippen LogP contribution in [0.25, 0.3) is 0 Å². The number of esters is 1. The summed E-state index contributed by atoms with van der Waals surface area (Å²) < 4.78 is 4.94. The van der Waals surface area contributed by atoms with Crippen LogP contribution in [0.2, 0.25) is 0 Å². The molecule has 4 heteroatoms. The molecule has 1 heterocycles. The molecule has 106 valence electrons. The van der Waals surface area contributed by atoms with Crippen LogP contribution in [0.3, 0.4) is 0 Å². The van der Waals surface area contributed by atoms with Crippen molar-refractivity contribution in [3.63, 3.8) is 0 Å². The van der Waals surface area contributed by atoms with Crippen LogP contribution in [0, 0.1) is 20.8 Å². The number of H-pyrrole nitrogens is 1. The highest BCUT2D eigenvalue weighted by molar-refractivity contribution is 5.86. The molecule has 1 aromatic heterocycles. The summed E-state index contributed by atoms with van der Waals surface area (Å²) in [5.41, 5.74) is 5.41. The minimum Gasteiger partial charge on any atom is -0.461 e. The summed E-state index contributed by atoms with van der Waals surface area (Å²) in [7, 11) is 0. The van der Waals surface area contributed by atoms with Gasteiger partial charge in [0.05, 0.1) is 12.8 Å². The van der Waals surface area contributed by atoms with Crippen molar-refractivity contribution >= 4 is 5.97 Å². The molecule has 0 spiro atoms. The Morgan fingerprint density at radius 1 is 1.25 bits per heavy atom. The number of hydrogen-bond acceptors (Lipinski definition) is 3. The average molecular weight is 272 g/mol. The van der Waals surface area contributed by atoms with Gasteiger partial charge in [0.15, 0.2) is 0 Å². The molecule has 0 saturated carbocycles. The normalized spacial score (nSPS) is 10.6. The van der Waals surface area contributed by atoms with Gasteiger partial charge in [-0.3, -0.25) is 0 Å². The Bertz CT molecular complexity index is 606. The second kappa shape index (κ2) is 5.90. The molecule has 0 fully saturated rings. The molecule has 0 aliphatic rings. The molecule has 1 aromatic carbocycles. The molecule has 2 rings (SSSR count). The zero-order chi connectivity index (χ0) is 14.7. The van der Waals surface area contributed by atoms with E-state index >= 15 is 0 Å². The predicted octanol–water partition coefficient (Wildman–Crippen LogP) is 3.10. The van der Waals surface area contributed by atoms with Gasteiger partial charge in [0.25, 0.3) is 0 Å². The zero-order valence-electron chi connectivity index (χ0n) is 12.4. The second-order valence-corrected chi connectivity index (χ2v) is 5.02. The van der Waals surface area contributed by atoms with E-state index in [1.165, 1.54) is 28.5 Å². The summed E-state index contributed by atoms with van der Waals surface area (Å²) in [6.45, 7) is 8.45. The highest BCUT2D eigenvalue weighted by atomic mass is 16.5. The Kier molecular flexibility index (Phi) is 4.23. The van der Waals surface area contributed by atoms with E-state index in [-0.39, 0.29) is 5.97 Å². The number of nitrogens with one attached hydrogen (secondary N) is 1. The number of aryl methyl sites for hydroxylation is 3. The molecule has 0 radical (unpaired) electrons. The van der Waals surface area contributed by atoms with Crippen LogP contribution in [-0.4, -0.2) is 22.5 Å². The van der Waals surface area contributed by atoms with Gasteiger partial charge in [0.2, 0.25) is 0 Å². The third kappa shape index (κ3) is 3.07. The first-order valence-electron chi connectivity index (χ1n) is 6.79. The second-order valence-electron chi connectivity index (χ2n) is 5.02. The molecule has 0 unspecified atom stereocenters. The number of rotatable bonds is 4. The maximum Gasteiger partial charge on any atom is 0.356 e. The van der Waals surface area contributed by atoms with Crippen molar-refractivity contribution in [2.75, 3.05) is 6.61 Å². The molecule has 0 atom stereocenters. The zero-order valence-corrected chi connectivity index (χ0v) is 12.4. The van der Waals surface area contributed by atoms with Crippen LogP contribution in [0.5, 0.6) is 0 Å². The molecule has 2 aromatic rings. The fourth-order valence-corrected chi connectivity index (χ4v) is 2.42. The lowest BCUT2D eigenvalue weighted by molar-refractivity contribution is 0.0520. The molecule has 0 amide bonds. The Hall–Kier alpha value is -2.10. The van der Waals surface area contributed by atoms with Crippen molar-refractivity contribution in [1.29, 1.82) is 0 Å². The number of benzene rings is 1. The van der Waals surface area contributed by atoms with Crippen molar-refractivity contribution in [3.8, 4) is 0 Å². The lowest BCUT2D eigenvalue weighted by Gasteiger charge is -2.09. The van der Waals surface area contributed by atoms with Crippen molar-refractivity contribution in [1.82, 2.24) is 9.97 Å². The number of aromatic amines is 1. The molecule has 0 aliphatic carbocycles. The Morgan fingerprint density at radius 3 is 2.50 bits per heavy atom. The fraction of sp³-hybridized carbons (Fsp3) is 0.375. The monoisotopic (exact) mass is 272 g/mol. The minimum atomic E-state index is -0.358. The molecule has 0 bridgehead atoms. The third-order valence-corrected chi connectivity index (χ3v) is 3.31. The number of hydrogen-bond donors (Lipinski definition) is 1. The molecule has 0 saturated heterocycles. The van der Waals surface area contributed by atoms with E-state index in [2.05, 4.69) is 42.9 Å². The van der Waals surface area contributed by atoms with Gasteiger partial charge >= 0.3 is 5.97 Å². The first-order valence-corrected chi connectivity index (χ1v) is 6.79. The highest BCUT2D eigenvalue weighted by Gasteiger charge is 2.12. The van der Waals surface area contributed by atoms with Gasteiger partial charge in [-0.05, 0) is 44.4 Å². The van der Waals surface area contributed by atoms with Gasteiger partial charge in [-0.15, -0.1) is 0 Å². The number of carbonyl (C=O) groups is 1. The van der Waals surface area contributed by atoms with Crippen LogP contribution in [0.15, 0.2) is 18.3 Å². The van der Waals surface area contributed by atoms with E-state index in [0.717, 1.165) is 5.82 Å². The lowest BCUT2D eigenvalue weighted by Crippen LogP contribution is -2.05. The first-order chi connectivity index (χ1) is 9.51. The van der Waals surface area contributed by atoms with E-state index in [1.807, 2.05) is 0 Å². The third-order valence-electron chi connectivity index (χ3n) is 3.31. The molecule has 20 heavy (non-hydrogen) atoms. The summed E-state index contributed by atoms with van der Waals surface area (Å²) in [6.07, 6.45) is 2.23. The molecular weight excluding hydrogens is 252 g/mol. The number of imidazole rings is 1. The smallest absolute Gasteiger partial charge is 0.356 e. The number of ether oxygens (including phenoxy) is 1.